The van der Waals surface area contributed by atoms with Gasteiger partial charge < -0.3 is 5.11 Å². The van der Waals surface area contributed by atoms with Gasteiger partial charge in [0.25, 0.3) is 0 Å². The van der Waals surface area contributed by atoms with Gasteiger partial charge in [-0.15, -0.1) is 0 Å². The van der Waals surface area contributed by atoms with Crippen molar-refractivity contribution in [2.24, 2.45) is 0 Å². The molecule has 0 bridgehead atoms. The van der Waals surface area contributed by atoms with Crippen LogP contribution >= 0.6 is 0 Å². The minimum Gasteiger partial charge on any atom is -0.396 e. The number of aryl methyl sites for hydroxylation is 1. The molecule has 0 spiro atoms. The fraction of sp³-hybridized carbons (Fsp3) is 0.600. The molecule has 1 aromatic rings. The Labute approximate surface area is 104 Å². The highest BCUT2D eigenvalue weighted by Crippen LogP contribution is 2.30. The van der Waals surface area contributed by atoms with Crippen LogP contribution in [0.1, 0.15) is 42.0 Å². The van der Waals surface area contributed by atoms with Crippen LogP contribution in [0.15, 0.2) is 18.2 Å². The molecule has 1 aromatic carbocycles. The summed E-state index contributed by atoms with van der Waals surface area (Å²) in [6, 6.07) is 6.93. The van der Waals surface area contributed by atoms with Crippen LogP contribution < -0.4 is 0 Å². The van der Waals surface area contributed by atoms with Crippen LogP contribution in [0.5, 0.6) is 0 Å². The smallest absolute Gasteiger partial charge is 0.0449 e. The molecule has 0 saturated carbocycles. The van der Waals surface area contributed by atoms with Gasteiger partial charge in [-0.3, -0.25) is 4.90 Å². The van der Waals surface area contributed by atoms with Crippen molar-refractivity contribution in [3.05, 3.63) is 34.9 Å². The van der Waals surface area contributed by atoms with Crippen molar-refractivity contribution in [2.45, 2.75) is 39.2 Å². The van der Waals surface area contributed by atoms with E-state index in [9.17, 15) is 5.11 Å². The zero-order chi connectivity index (χ0) is 12.3. The minimum absolute atomic E-state index is 0.272. The van der Waals surface area contributed by atoms with Crippen LogP contribution in [0.3, 0.4) is 0 Å². The predicted octanol–water partition coefficient (Wildman–Crippen LogP) is 2.82. The number of aliphatic hydroxyl groups is 1. The Balaban J connectivity index is 2.27. The molecule has 0 amide bonds. The zero-order valence-corrected chi connectivity index (χ0v) is 10.9. The van der Waals surface area contributed by atoms with Crippen molar-refractivity contribution < 1.29 is 5.11 Å². The van der Waals surface area contributed by atoms with Crippen molar-refractivity contribution >= 4 is 0 Å². The maximum atomic E-state index is 9.29. The van der Waals surface area contributed by atoms with Crippen molar-refractivity contribution in [2.75, 3.05) is 19.7 Å². The molecule has 1 N–H and O–H groups in total. The lowest BCUT2D eigenvalue weighted by Gasteiger charge is -2.29. The molecule has 17 heavy (non-hydrogen) atoms. The Hall–Kier alpha value is -0.860. The molecule has 1 aliphatic rings. The Kier molecular flexibility index (Phi) is 4.19. The lowest BCUT2D eigenvalue weighted by Crippen LogP contribution is -2.27. The first kappa shape index (κ1) is 12.6. The van der Waals surface area contributed by atoms with E-state index in [0.29, 0.717) is 6.04 Å². The third-order valence-electron chi connectivity index (χ3n) is 3.99. The molecular weight excluding hydrogens is 210 g/mol. The molecular formula is C15H23NO. The SMILES string of the molecule is Cc1cccc(C(CCO)N2CCCC2)c1C. The third kappa shape index (κ3) is 2.70. The summed E-state index contributed by atoms with van der Waals surface area (Å²) in [6.45, 7) is 6.99. The quantitative estimate of drug-likeness (QED) is 0.864. The van der Waals surface area contributed by atoms with Crippen LogP contribution in [0.2, 0.25) is 0 Å². The molecule has 1 heterocycles. The fourth-order valence-electron chi connectivity index (χ4n) is 2.85. The van der Waals surface area contributed by atoms with Gasteiger partial charge in [0, 0.05) is 12.6 Å². The second kappa shape index (κ2) is 5.65. The van der Waals surface area contributed by atoms with Gasteiger partial charge in [-0.1, -0.05) is 18.2 Å². The second-order valence-corrected chi connectivity index (χ2v) is 5.06. The molecule has 94 valence electrons. The Morgan fingerprint density at radius 1 is 1.24 bits per heavy atom. The van der Waals surface area contributed by atoms with Crippen LogP contribution in [-0.4, -0.2) is 29.7 Å². The van der Waals surface area contributed by atoms with Gasteiger partial charge in [0.05, 0.1) is 0 Å². The number of benzene rings is 1. The first-order chi connectivity index (χ1) is 8.24. The van der Waals surface area contributed by atoms with E-state index in [1.165, 1.54) is 42.6 Å². The normalized spacial score (nSPS) is 18.5. The molecule has 2 heteroatoms. The van der Waals surface area contributed by atoms with Crippen LogP contribution in [0.4, 0.5) is 0 Å². The lowest BCUT2D eigenvalue weighted by atomic mass is 9.95. The van der Waals surface area contributed by atoms with Crippen LogP contribution in [0, 0.1) is 13.8 Å². The standard InChI is InChI=1S/C15H23NO/c1-12-6-5-7-14(13(12)2)15(8-11-17)16-9-3-4-10-16/h5-7,15,17H,3-4,8-11H2,1-2H3. The first-order valence-electron chi connectivity index (χ1n) is 6.65. The summed E-state index contributed by atoms with van der Waals surface area (Å²) in [4.78, 5) is 2.53. The van der Waals surface area contributed by atoms with Crippen LogP contribution in [0.25, 0.3) is 0 Å². The molecule has 2 rings (SSSR count). The van der Waals surface area contributed by atoms with Gasteiger partial charge in [0.1, 0.15) is 0 Å². The number of nitrogens with zero attached hydrogens (tertiary/aromatic N) is 1. The average Bonchev–Trinajstić information content (AvgIpc) is 2.84. The summed E-state index contributed by atoms with van der Waals surface area (Å²) in [5.41, 5.74) is 4.14. The van der Waals surface area contributed by atoms with Gasteiger partial charge in [-0.2, -0.15) is 0 Å². The van der Waals surface area contributed by atoms with Crippen molar-refractivity contribution in [3.63, 3.8) is 0 Å². The van der Waals surface area contributed by atoms with Crippen molar-refractivity contribution in [1.82, 2.24) is 4.90 Å². The first-order valence-corrected chi connectivity index (χ1v) is 6.65. The van der Waals surface area contributed by atoms with Crippen LogP contribution in [-0.2, 0) is 0 Å². The molecule has 1 atom stereocenters. The summed E-state index contributed by atoms with van der Waals surface area (Å²) < 4.78 is 0. The molecule has 2 nitrogen and oxygen atoms in total. The maximum Gasteiger partial charge on any atom is 0.0449 e. The van der Waals surface area contributed by atoms with Crippen molar-refractivity contribution in [1.29, 1.82) is 0 Å². The molecule has 1 aliphatic heterocycles. The van der Waals surface area contributed by atoms with E-state index >= 15 is 0 Å². The maximum absolute atomic E-state index is 9.29. The topological polar surface area (TPSA) is 23.5 Å². The van der Waals surface area contributed by atoms with E-state index in [1.54, 1.807) is 0 Å². The average molecular weight is 233 g/mol. The minimum atomic E-state index is 0.272. The molecule has 0 aromatic heterocycles. The fourth-order valence-corrected chi connectivity index (χ4v) is 2.85. The highest BCUT2D eigenvalue weighted by Gasteiger charge is 2.24. The lowest BCUT2D eigenvalue weighted by molar-refractivity contribution is 0.185. The summed E-state index contributed by atoms with van der Waals surface area (Å²) in [5, 5.41) is 9.29. The molecule has 0 aliphatic carbocycles. The largest absolute Gasteiger partial charge is 0.396 e. The number of rotatable bonds is 4. The summed E-state index contributed by atoms with van der Waals surface area (Å²) in [6.07, 6.45) is 3.45. The number of hydrogen-bond donors (Lipinski definition) is 1. The van der Waals surface area contributed by atoms with E-state index in [-0.39, 0.29) is 6.61 Å². The van der Waals surface area contributed by atoms with E-state index in [4.69, 9.17) is 0 Å². The summed E-state index contributed by atoms with van der Waals surface area (Å²) >= 11 is 0. The van der Waals surface area contributed by atoms with E-state index < -0.39 is 0 Å². The van der Waals surface area contributed by atoms with E-state index in [0.717, 1.165) is 6.42 Å². The van der Waals surface area contributed by atoms with Gasteiger partial charge in [-0.05, 0) is 62.9 Å². The number of likely N-dealkylation sites (tertiary alicyclic amines) is 1. The molecule has 1 fully saturated rings. The van der Waals surface area contributed by atoms with Gasteiger partial charge in [0.15, 0.2) is 0 Å². The highest BCUT2D eigenvalue weighted by atomic mass is 16.3. The van der Waals surface area contributed by atoms with Gasteiger partial charge in [-0.25, -0.2) is 0 Å². The Morgan fingerprint density at radius 2 is 1.94 bits per heavy atom. The second-order valence-electron chi connectivity index (χ2n) is 5.06. The summed E-state index contributed by atoms with van der Waals surface area (Å²) in [7, 11) is 0. The number of hydrogen-bond acceptors (Lipinski definition) is 2. The monoisotopic (exact) mass is 233 g/mol. The van der Waals surface area contributed by atoms with E-state index in [1.807, 2.05) is 0 Å². The predicted molar refractivity (Wildman–Crippen MR) is 71.2 cm³/mol. The van der Waals surface area contributed by atoms with E-state index in [2.05, 4.69) is 36.9 Å². The third-order valence-corrected chi connectivity index (χ3v) is 3.99. The molecule has 1 unspecified atom stereocenters. The summed E-state index contributed by atoms with van der Waals surface area (Å²) in [5.74, 6) is 0. The number of aliphatic hydroxyl groups excluding tert-OH is 1. The molecule has 0 radical (unpaired) electrons. The Morgan fingerprint density at radius 3 is 2.59 bits per heavy atom. The zero-order valence-electron chi connectivity index (χ0n) is 10.9. The highest BCUT2D eigenvalue weighted by molar-refractivity contribution is 5.35. The van der Waals surface area contributed by atoms with Crippen molar-refractivity contribution in [3.8, 4) is 0 Å². The molecule has 1 saturated heterocycles. The van der Waals surface area contributed by atoms with Gasteiger partial charge in [0.2, 0.25) is 0 Å². The Bertz CT molecular complexity index is 369. The van der Waals surface area contributed by atoms with Gasteiger partial charge >= 0.3 is 0 Å².